The van der Waals surface area contributed by atoms with E-state index in [-0.39, 0.29) is 6.04 Å². The molecule has 0 spiro atoms. The SMILES string of the molecule is CCc1nn(C)c(CC(N)c2ccco2)c1Cl. The summed E-state index contributed by atoms with van der Waals surface area (Å²) < 4.78 is 7.08. The zero-order chi connectivity index (χ0) is 12.4. The van der Waals surface area contributed by atoms with Crippen LogP contribution >= 0.6 is 11.6 Å². The van der Waals surface area contributed by atoms with Gasteiger partial charge in [-0.3, -0.25) is 4.68 Å². The lowest BCUT2D eigenvalue weighted by molar-refractivity contribution is 0.459. The molecule has 2 rings (SSSR count). The Labute approximate surface area is 105 Å². The van der Waals surface area contributed by atoms with Crippen LogP contribution < -0.4 is 5.73 Å². The lowest BCUT2D eigenvalue weighted by Gasteiger charge is -2.09. The van der Waals surface area contributed by atoms with E-state index in [4.69, 9.17) is 21.8 Å². The maximum Gasteiger partial charge on any atom is 0.120 e. The van der Waals surface area contributed by atoms with Crippen LogP contribution in [0.4, 0.5) is 0 Å². The molecule has 0 saturated carbocycles. The van der Waals surface area contributed by atoms with E-state index in [1.807, 2.05) is 26.1 Å². The number of nitrogens with zero attached hydrogens (tertiary/aromatic N) is 2. The van der Waals surface area contributed by atoms with Crippen LogP contribution in [0.5, 0.6) is 0 Å². The second-order valence-electron chi connectivity index (χ2n) is 4.01. The van der Waals surface area contributed by atoms with Crippen molar-refractivity contribution in [3.8, 4) is 0 Å². The second kappa shape index (κ2) is 4.94. The van der Waals surface area contributed by atoms with Gasteiger partial charge in [0.2, 0.25) is 0 Å². The van der Waals surface area contributed by atoms with Crippen molar-refractivity contribution in [1.82, 2.24) is 9.78 Å². The Bertz CT molecular complexity index is 490. The molecule has 1 atom stereocenters. The van der Waals surface area contributed by atoms with Crippen molar-refractivity contribution in [3.63, 3.8) is 0 Å². The van der Waals surface area contributed by atoms with Crippen LogP contribution in [0.2, 0.25) is 5.02 Å². The summed E-state index contributed by atoms with van der Waals surface area (Å²) in [6, 6.07) is 3.51. The summed E-state index contributed by atoms with van der Waals surface area (Å²) in [5, 5.41) is 5.08. The molecule has 0 fully saturated rings. The molecule has 0 saturated heterocycles. The number of furan rings is 1. The minimum absolute atomic E-state index is 0.192. The first-order chi connectivity index (χ1) is 8.13. The van der Waals surface area contributed by atoms with E-state index in [0.29, 0.717) is 6.42 Å². The number of aromatic nitrogens is 2. The molecule has 0 aliphatic heterocycles. The van der Waals surface area contributed by atoms with Crippen LogP contribution in [0.3, 0.4) is 0 Å². The van der Waals surface area contributed by atoms with Crippen LogP contribution in [-0.2, 0) is 19.9 Å². The van der Waals surface area contributed by atoms with Crippen LogP contribution in [-0.4, -0.2) is 9.78 Å². The van der Waals surface area contributed by atoms with E-state index in [1.165, 1.54) is 0 Å². The van der Waals surface area contributed by atoms with E-state index < -0.39 is 0 Å². The second-order valence-corrected chi connectivity index (χ2v) is 4.39. The van der Waals surface area contributed by atoms with E-state index in [9.17, 15) is 0 Å². The third-order valence-corrected chi connectivity index (χ3v) is 3.26. The molecule has 5 heteroatoms. The first-order valence-corrected chi connectivity index (χ1v) is 6.00. The Balaban J connectivity index is 2.21. The lowest BCUT2D eigenvalue weighted by Crippen LogP contribution is -2.14. The standard InChI is InChI=1S/C12H16ClN3O/c1-3-9-12(13)10(16(2)15-9)7-8(14)11-5-4-6-17-11/h4-6,8H,3,7,14H2,1-2H3. The molecule has 1 unspecified atom stereocenters. The summed E-state index contributed by atoms with van der Waals surface area (Å²) in [6.07, 6.45) is 3.07. The maximum atomic E-state index is 6.27. The molecule has 2 aromatic rings. The molecule has 0 aliphatic carbocycles. The highest BCUT2D eigenvalue weighted by Gasteiger charge is 2.18. The molecule has 0 bridgehead atoms. The molecular weight excluding hydrogens is 238 g/mol. The largest absolute Gasteiger partial charge is 0.468 e. The van der Waals surface area contributed by atoms with E-state index in [2.05, 4.69) is 5.10 Å². The number of aryl methyl sites for hydroxylation is 2. The fourth-order valence-corrected chi connectivity index (χ4v) is 2.22. The minimum atomic E-state index is -0.192. The van der Waals surface area contributed by atoms with Crippen molar-refractivity contribution in [2.75, 3.05) is 0 Å². The van der Waals surface area contributed by atoms with Gasteiger partial charge in [-0.15, -0.1) is 0 Å². The van der Waals surface area contributed by atoms with Crippen molar-refractivity contribution in [2.24, 2.45) is 12.8 Å². The molecule has 92 valence electrons. The monoisotopic (exact) mass is 253 g/mol. The Morgan fingerprint density at radius 2 is 2.35 bits per heavy atom. The highest BCUT2D eigenvalue weighted by Crippen LogP contribution is 2.25. The minimum Gasteiger partial charge on any atom is -0.468 e. The fourth-order valence-electron chi connectivity index (χ4n) is 1.85. The van der Waals surface area contributed by atoms with Gasteiger partial charge in [0.25, 0.3) is 0 Å². The smallest absolute Gasteiger partial charge is 0.120 e. The van der Waals surface area contributed by atoms with Gasteiger partial charge in [-0.2, -0.15) is 5.10 Å². The summed E-state index contributed by atoms with van der Waals surface area (Å²) in [7, 11) is 1.88. The van der Waals surface area contributed by atoms with E-state index >= 15 is 0 Å². The van der Waals surface area contributed by atoms with Crippen molar-refractivity contribution < 1.29 is 4.42 Å². The van der Waals surface area contributed by atoms with Gasteiger partial charge in [0.15, 0.2) is 0 Å². The third kappa shape index (κ3) is 2.37. The molecule has 17 heavy (non-hydrogen) atoms. The Morgan fingerprint density at radius 3 is 2.88 bits per heavy atom. The molecule has 2 heterocycles. The summed E-state index contributed by atoms with van der Waals surface area (Å²) in [6.45, 7) is 2.03. The average Bonchev–Trinajstić information content (AvgIpc) is 2.92. The fraction of sp³-hybridized carbons (Fsp3) is 0.417. The number of halogens is 1. The van der Waals surface area contributed by atoms with Gasteiger partial charge in [-0.1, -0.05) is 18.5 Å². The lowest BCUT2D eigenvalue weighted by atomic mass is 10.1. The van der Waals surface area contributed by atoms with Gasteiger partial charge in [-0.25, -0.2) is 0 Å². The Morgan fingerprint density at radius 1 is 1.59 bits per heavy atom. The number of hydrogen-bond donors (Lipinski definition) is 1. The Hall–Kier alpha value is -1.26. The van der Waals surface area contributed by atoms with Crippen molar-refractivity contribution in [2.45, 2.75) is 25.8 Å². The molecule has 0 amide bonds. The van der Waals surface area contributed by atoms with Crippen molar-refractivity contribution in [3.05, 3.63) is 40.6 Å². The summed E-state index contributed by atoms with van der Waals surface area (Å²) in [5.41, 5.74) is 7.93. The van der Waals surface area contributed by atoms with Gasteiger partial charge in [0.1, 0.15) is 5.76 Å². The molecule has 0 aliphatic rings. The quantitative estimate of drug-likeness (QED) is 0.911. The number of hydrogen-bond acceptors (Lipinski definition) is 3. The number of rotatable bonds is 4. The first-order valence-electron chi connectivity index (χ1n) is 5.62. The summed E-state index contributed by atoms with van der Waals surface area (Å²) in [5.74, 6) is 0.764. The predicted octanol–water partition coefficient (Wildman–Crippen LogP) is 2.47. The van der Waals surface area contributed by atoms with Crippen LogP contribution in [0.1, 0.15) is 30.1 Å². The Kier molecular flexibility index (Phi) is 3.54. The highest BCUT2D eigenvalue weighted by atomic mass is 35.5. The topological polar surface area (TPSA) is 57.0 Å². The zero-order valence-electron chi connectivity index (χ0n) is 9.98. The van der Waals surface area contributed by atoms with Crippen molar-refractivity contribution >= 4 is 11.6 Å². The first kappa shape index (κ1) is 12.2. The van der Waals surface area contributed by atoms with Gasteiger partial charge in [0, 0.05) is 13.5 Å². The average molecular weight is 254 g/mol. The van der Waals surface area contributed by atoms with Gasteiger partial charge in [-0.05, 0) is 18.6 Å². The van der Waals surface area contributed by atoms with Crippen LogP contribution in [0.15, 0.2) is 22.8 Å². The van der Waals surface area contributed by atoms with Gasteiger partial charge in [0.05, 0.1) is 28.7 Å². The summed E-state index contributed by atoms with van der Waals surface area (Å²) >= 11 is 6.27. The van der Waals surface area contributed by atoms with Crippen LogP contribution in [0.25, 0.3) is 0 Å². The van der Waals surface area contributed by atoms with Gasteiger partial charge < -0.3 is 10.2 Å². The number of nitrogens with two attached hydrogens (primary N) is 1. The van der Waals surface area contributed by atoms with Gasteiger partial charge >= 0.3 is 0 Å². The molecule has 2 N–H and O–H groups in total. The molecule has 4 nitrogen and oxygen atoms in total. The van der Waals surface area contributed by atoms with Crippen molar-refractivity contribution in [1.29, 1.82) is 0 Å². The maximum absolute atomic E-state index is 6.27. The predicted molar refractivity (Wildman–Crippen MR) is 66.9 cm³/mol. The molecule has 0 radical (unpaired) electrons. The van der Waals surface area contributed by atoms with E-state index in [0.717, 1.165) is 28.6 Å². The third-order valence-electron chi connectivity index (χ3n) is 2.82. The molecule has 2 aromatic heterocycles. The normalized spacial score (nSPS) is 12.9. The highest BCUT2D eigenvalue weighted by molar-refractivity contribution is 6.31. The zero-order valence-corrected chi connectivity index (χ0v) is 10.7. The van der Waals surface area contributed by atoms with Crippen LogP contribution in [0, 0.1) is 0 Å². The van der Waals surface area contributed by atoms with E-state index in [1.54, 1.807) is 10.9 Å². The molecule has 0 aromatic carbocycles. The molecular formula is C12H16ClN3O. The summed E-state index contributed by atoms with van der Waals surface area (Å²) in [4.78, 5) is 0.